The first kappa shape index (κ1) is 14.5. The minimum absolute atomic E-state index is 0.0132. The molecular formula is C13H20N4O3. The van der Waals surface area contributed by atoms with Crippen LogP contribution < -0.4 is 16.0 Å². The zero-order valence-electron chi connectivity index (χ0n) is 11.7. The van der Waals surface area contributed by atoms with E-state index < -0.39 is 6.04 Å². The Morgan fingerprint density at radius 1 is 1.45 bits per heavy atom. The van der Waals surface area contributed by atoms with Crippen LogP contribution in [0, 0.1) is 12.8 Å². The van der Waals surface area contributed by atoms with Gasteiger partial charge in [-0.2, -0.15) is 0 Å². The molecule has 1 saturated heterocycles. The molecule has 0 aromatic carbocycles. The van der Waals surface area contributed by atoms with Crippen molar-refractivity contribution in [3.05, 3.63) is 11.8 Å². The van der Waals surface area contributed by atoms with E-state index in [2.05, 4.69) is 21.1 Å². The van der Waals surface area contributed by atoms with Crippen LogP contribution in [0.3, 0.4) is 0 Å². The third-order valence-corrected chi connectivity index (χ3v) is 3.34. The van der Waals surface area contributed by atoms with E-state index in [0.29, 0.717) is 11.6 Å². The van der Waals surface area contributed by atoms with Crippen molar-refractivity contribution in [2.45, 2.75) is 32.7 Å². The number of aromatic nitrogens is 1. The van der Waals surface area contributed by atoms with E-state index in [9.17, 15) is 9.59 Å². The number of amides is 2. The molecule has 2 heterocycles. The summed E-state index contributed by atoms with van der Waals surface area (Å²) in [6, 6.07) is 1.02. The molecule has 0 saturated carbocycles. The summed E-state index contributed by atoms with van der Waals surface area (Å²) in [5, 5.41) is 12.2. The predicted molar refractivity (Wildman–Crippen MR) is 73.1 cm³/mol. The first-order valence-electron chi connectivity index (χ1n) is 6.81. The van der Waals surface area contributed by atoms with Crippen LogP contribution in [0.5, 0.6) is 0 Å². The Balaban J connectivity index is 1.82. The van der Waals surface area contributed by atoms with Crippen LogP contribution in [0.1, 0.15) is 25.5 Å². The predicted octanol–water partition coefficient (Wildman–Crippen LogP) is 0.426. The van der Waals surface area contributed by atoms with E-state index in [1.165, 1.54) is 0 Å². The summed E-state index contributed by atoms with van der Waals surface area (Å²) in [5.41, 5.74) is 0. The van der Waals surface area contributed by atoms with Gasteiger partial charge in [0, 0.05) is 12.0 Å². The van der Waals surface area contributed by atoms with Gasteiger partial charge in [0.05, 0.1) is 0 Å². The topological polar surface area (TPSA) is 96.3 Å². The first-order chi connectivity index (χ1) is 9.56. The average Bonchev–Trinajstić information content (AvgIpc) is 2.85. The van der Waals surface area contributed by atoms with E-state index in [4.69, 9.17) is 4.52 Å². The van der Waals surface area contributed by atoms with Crippen molar-refractivity contribution >= 4 is 17.6 Å². The number of rotatable bonds is 4. The molecule has 7 nitrogen and oxygen atoms in total. The van der Waals surface area contributed by atoms with Crippen LogP contribution in [0.25, 0.3) is 0 Å². The molecule has 0 bridgehead atoms. The number of carbonyl (C=O) groups excluding carboxylic acids is 2. The molecule has 0 unspecified atom stereocenters. The van der Waals surface area contributed by atoms with Crippen LogP contribution in [0.4, 0.5) is 5.82 Å². The molecule has 0 aliphatic carbocycles. The van der Waals surface area contributed by atoms with Gasteiger partial charge in [0.25, 0.3) is 0 Å². The zero-order valence-corrected chi connectivity index (χ0v) is 11.7. The number of carbonyl (C=O) groups is 2. The second-order valence-electron chi connectivity index (χ2n) is 5.07. The van der Waals surface area contributed by atoms with Gasteiger partial charge in [-0.25, -0.2) is 0 Å². The van der Waals surface area contributed by atoms with Crippen LogP contribution >= 0.6 is 0 Å². The number of aryl methyl sites for hydroxylation is 1. The minimum Gasteiger partial charge on any atom is -0.360 e. The lowest BCUT2D eigenvalue weighted by molar-refractivity contribution is -0.129. The normalized spacial score (nSPS) is 17.5. The van der Waals surface area contributed by atoms with E-state index in [-0.39, 0.29) is 17.7 Å². The van der Waals surface area contributed by atoms with E-state index in [1.807, 2.05) is 0 Å². The molecule has 2 amide bonds. The van der Waals surface area contributed by atoms with Gasteiger partial charge in [-0.3, -0.25) is 9.59 Å². The van der Waals surface area contributed by atoms with Gasteiger partial charge in [-0.05, 0) is 39.8 Å². The second-order valence-corrected chi connectivity index (χ2v) is 5.07. The van der Waals surface area contributed by atoms with Gasteiger partial charge in [-0.1, -0.05) is 5.16 Å². The summed E-state index contributed by atoms with van der Waals surface area (Å²) < 4.78 is 4.86. The lowest BCUT2D eigenvalue weighted by Gasteiger charge is -2.23. The van der Waals surface area contributed by atoms with Gasteiger partial charge in [0.1, 0.15) is 11.8 Å². The van der Waals surface area contributed by atoms with E-state index in [0.717, 1.165) is 25.9 Å². The summed E-state index contributed by atoms with van der Waals surface area (Å²) in [7, 11) is 0. The molecule has 0 radical (unpaired) electrons. The Hall–Kier alpha value is -1.89. The maximum atomic E-state index is 12.0. The monoisotopic (exact) mass is 280 g/mol. The van der Waals surface area contributed by atoms with Gasteiger partial charge in [-0.15, -0.1) is 0 Å². The minimum atomic E-state index is -0.602. The molecule has 1 aromatic heterocycles. The summed E-state index contributed by atoms with van der Waals surface area (Å²) in [5.74, 6) is 0.592. The summed E-state index contributed by atoms with van der Waals surface area (Å²) in [4.78, 5) is 23.9. The van der Waals surface area contributed by atoms with Crippen molar-refractivity contribution in [3.8, 4) is 0 Å². The molecule has 1 fully saturated rings. The quantitative estimate of drug-likeness (QED) is 0.743. The molecule has 1 aliphatic heterocycles. The smallest absolute Gasteiger partial charge is 0.247 e. The Morgan fingerprint density at radius 3 is 2.75 bits per heavy atom. The third kappa shape index (κ3) is 3.80. The molecule has 7 heteroatoms. The molecule has 3 N–H and O–H groups in total. The highest BCUT2D eigenvalue weighted by molar-refractivity contribution is 5.96. The fraction of sp³-hybridized carbons (Fsp3) is 0.615. The molecule has 1 aromatic rings. The summed E-state index contributed by atoms with van der Waals surface area (Å²) in [6.07, 6.45) is 1.62. The largest absolute Gasteiger partial charge is 0.360 e. The zero-order chi connectivity index (χ0) is 14.5. The van der Waals surface area contributed by atoms with Crippen molar-refractivity contribution in [2.75, 3.05) is 18.4 Å². The molecule has 0 spiro atoms. The van der Waals surface area contributed by atoms with Gasteiger partial charge in [0.15, 0.2) is 5.82 Å². The first-order valence-corrected chi connectivity index (χ1v) is 6.81. The van der Waals surface area contributed by atoms with Gasteiger partial charge in [0.2, 0.25) is 11.8 Å². The highest BCUT2D eigenvalue weighted by atomic mass is 16.5. The molecular weight excluding hydrogens is 260 g/mol. The molecule has 110 valence electrons. The Morgan fingerprint density at radius 2 is 2.15 bits per heavy atom. The number of nitrogens with zero attached hydrogens (tertiary/aromatic N) is 1. The summed E-state index contributed by atoms with van der Waals surface area (Å²) in [6.45, 7) is 5.08. The van der Waals surface area contributed by atoms with Crippen LogP contribution in [-0.2, 0) is 9.59 Å². The second kappa shape index (κ2) is 6.51. The van der Waals surface area contributed by atoms with Crippen molar-refractivity contribution in [3.63, 3.8) is 0 Å². The lowest BCUT2D eigenvalue weighted by atomic mass is 9.97. The number of hydrogen-bond acceptors (Lipinski definition) is 5. The van der Waals surface area contributed by atoms with Crippen molar-refractivity contribution in [2.24, 2.45) is 5.92 Å². The standard InChI is InChI=1S/C13H20N4O3/c1-8-7-11(17-20-8)16-12(18)9(2)15-13(19)10-3-5-14-6-4-10/h7,9-10,14H,3-6H2,1-2H3,(H,15,19)(H,16,17,18)/t9-/m0/s1. The van der Waals surface area contributed by atoms with Crippen molar-refractivity contribution in [1.82, 2.24) is 15.8 Å². The number of piperidine rings is 1. The number of hydrogen-bond donors (Lipinski definition) is 3. The van der Waals surface area contributed by atoms with Crippen LogP contribution in [-0.4, -0.2) is 36.1 Å². The van der Waals surface area contributed by atoms with E-state index >= 15 is 0 Å². The fourth-order valence-electron chi connectivity index (χ4n) is 2.14. The van der Waals surface area contributed by atoms with Crippen molar-refractivity contribution < 1.29 is 14.1 Å². The van der Waals surface area contributed by atoms with Crippen LogP contribution in [0.15, 0.2) is 10.6 Å². The van der Waals surface area contributed by atoms with E-state index in [1.54, 1.807) is 19.9 Å². The third-order valence-electron chi connectivity index (χ3n) is 3.34. The maximum Gasteiger partial charge on any atom is 0.247 e. The maximum absolute atomic E-state index is 12.0. The fourth-order valence-corrected chi connectivity index (χ4v) is 2.14. The molecule has 2 rings (SSSR count). The highest BCUT2D eigenvalue weighted by Crippen LogP contribution is 2.12. The number of anilines is 1. The van der Waals surface area contributed by atoms with Gasteiger partial charge < -0.3 is 20.5 Å². The Bertz CT molecular complexity index is 480. The summed E-state index contributed by atoms with van der Waals surface area (Å²) >= 11 is 0. The molecule has 1 atom stereocenters. The molecule has 20 heavy (non-hydrogen) atoms. The SMILES string of the molecule is Cc1cc(NC(=O)[C@H](C)NC(=O)C2CCNCC2)no1. The lowest BCUT2D eigenvalue weighted by Crippen LogP contribution is -2.46. The average molecular weight is 280 g/mol. The van der Waals surface area contributed by atoms with Crippen LogP contribution in [0.2, 0.25) is 0 Å². The van der Waals surface area contributed by atoms with Gasteiger partial charge >= 0.3 is 0 Å². The number of nitrogens with one attached hydrogen (secondary N) is 3. The van der Waals surface area contributed by atoms with Crippen molar-refractivity contribution in [1.29, 1.82) is 0 Å². The molecule has 1 aliphatic rings. The Labute approximate surface area is 117 Å². The highest BCUT2D eigenvalue weighted by Gasteiger charge is 2.24. The Kier molecular flexibility index (Phi) is 4.73.